The van der Waals surface area contributed by atoms with Gasteiger partial charge in [0.1, 0.15) is 0 Å². The average Bonchev–Trinajstić information content (AvgIpc) is 3.27. The summed E-state index contributed by atoms with van der Waals surface area (Å²) in [6.45, 7) is 2.83. The van der Waals surface area contributed by atoms with E-state index in [1.54, 1.807) is 0 Å². The number of amides is 1. The molecule has 1 unspecified atom stereocenters. The molecule has 0 aliphatic carbocycles. The zero-order chi connectivity index (χ0) is 17.9. The zero-order valence-electron chi connectivity index (χ0n) is 13.8. The zero-order valence-corrected chi connectivity index (χ0v) is 15.5. The first-order chi connectivity index (χ1) is 12.0. The van der Waals surface area contributed by atoms with Crippen LogP contribution in [-0.2, 0) is 14.8 Å². The molecule has 1 atom stereocenters. The highest BCUT2D eigenvalue weighted by atomic mass is 32.2. The van der Waals surface area contributed by atoms with E-state index in [2.05, 4.69) is 10.0 Å². The number of para-hydroxylation sites is 1. The monoisotopic (exact) mass is 380 g/mol. The summed E-state index contributed by atoms with van der Waals surface area (Å²) < 4.78 is 32.7. The fourth-order valence-electron chi connectivity index (χ4n) is 2.57. The summed E-state index contributed by atoms with van der Waals surface area (Å²) in [5.74, 6) is -0.320. The van der Waals surface area contributed by atoms with Gasteiger partial charge in [-0.15, -0.1) is 11.3 Å². The molecule has 0 saturated carbocycles. The number of hydrogen-bond acceptors (Lipinski definition) is 5. The molecular formula is C17H20N2O4S2. The van der Waals surface area contributed by atoms with Crippen molar-refractivity contribution in [3.63, 3.8) is 0 Å². The number of anilines is 1. The van der Waals surface area contributed by atoms with Crippen LogP contribution < -0.4 is 10.0 Å². The predicted octanol–water partition coefficient (Wildman–Crippen LogP) is 2.77. The van der Waals surface area contributed by atoms with E-state index in [4.69, 9.17) is 4.74 Å². The number of nitrogens with one attached hydrogen (secondary N) is 2. The van der Waals surface area contributed by atoms with Crippen molar-refractivity contribution >= 4 is 33.0 Å². The second-order valence-electron chi connectivity index (χ2n) is 5.90. The third-order valence-corrected chi connectivity index (χ3v) is 6.51. The van der Waals surface area contributed by atoms with E-state index in [1.807, 2.05) is 31.2 Å². The third-order valence-electron chi connectivity index (χ3n) is 4.03. The summed E-state index contributed by atoms with van der Waals surface area (Å²) in [5.41, 5.74) is 1.65. The lowest BCUT2D eigenvalue weighted by atomic mass is 10.2. The maximum atomic E-state index is 12.3. The highest BCUT2D eigenvalue weighted by Gasteiger charge is 2.22. The number of sulfonamides is 1. The topological polar surface area (TPSA) is 84.5 Å². The Labute approximate surface area is 151 Å². The molecule has 2 heterocycles. The van der Waals surface area contributed by atoms with Crippen molar-refractivity contribution in [3.05, 3.63) is 46.2 Å². The van der Waals surface area contributed by atoms with Crippen molar-refractivity contribution in [1.82, 2.24) is 4.72 Å². The summed E-state index contributed by atoms with van der Waals surface area (Å²) in [5, 5.41) is 4.28. The molecule has 6 nitrogen and oxygen atoms in total. The molecule has 2 aromatic rings. The quantitative estimate of drug-likeness (QED) is 0.807. The number of benzene rings is 1. The molecule has 1 aliphatic rings. The SMILES string of the molecule is Cc1ccccc1NC(=O)c1cc(S(=O)(=O)NCC2CCCO2)cs1. The number of aryl methyl sites for hydroxylation is 1. The number of carbonyl (C=O) groups excluding carboxylic acids is 1. The molecule has 0 bridgehead atoms. The fourth-order valence-corrected chi connectivity index (χ4v) is 4.80. The Morgan fingerprint density at radius 1 is 1.36 bits per heavy atom. The number of thiophene rings is 1. The van der Waals surface area contributed by atoms with Crippen molar-refractivity contribution in [2.45, 2.75) is 30.8 Å². The lowest BCUT2D eigenvalue weighted by molar-refractivity contribution is 0.103. The third kappa shape index (κ3) is 4.46. The molecule has 1 saturated heterocycles. The molecule has 134 valence electrons. The van der Waals surface area contributed by atoms with Gasteiger partial charge in [0.15, 0.2) is 0 Å². The Kier molecular flexibility index (Phi) is 5.53. The van der Waals surface area contributed by atoms with Crippen LogP contribution in [0.4, 0.5) is 5.69 Å². The van der Waals surface area contributed by atoms with Crippen LogP contribution in [0, 0.1) is 6.92 Å². The Morgan fingerprint density at radius 3 is 2.88 bits per heavy atom. The van der Waals surface area contributed by atoms with E-state index in [9.17, 15) is 13.2 Å². The van der Waals surface area contributed by atoms with Crippen LogP contribution >= 0.6 is 11.3 Å². The summed E-state index contributed by atoms with van der Waals surface area (Å²) in [7, 11) is -3.64. The molecule has 1 amide bonds. The standard InChI is InChI=1S/C17H20N2O4S2/c1-12-5-2-3-7-15(12)19-17(20)16-9-14(11-24-16)25(21,22)18-10-13-6-4-8-23-13/h2-3,5,7,9,11,13,18H,4,6,8,10H2,1H3,(H,19,20). The van der Waals surface area contributed by atoms with E-state index >= 15 is 0 Å². The van der Waals surface area contributed by atoms with Gasteiger partial charge in [-0.25, -0.2) is 13.1 Å². The summed E-state index contributed by atoms with van der Waals surface area (Å²) in [6.07, 6.45) is 1.74. The van der Waals surface area contributed by atoms with Crippen LogP contribution in [0.5, 0.6) is 0 Å². The maximum Gasteiger partial charge on any atom is 0.265 e. The van der Waals surface area contributed by atoms with Crippen LogP contribution in [0.15, 0.2) is 40.6 Å². The van der Waals surface area contributed by atoms with Gasteiger partial charge in [0.2, 0.25) is 10.0 Å². The number of hydrogen-bond donors (Lipinski definition) is 2. The Morgan fingerprint density at radius 2 is 2.16 bits per heavy atom. The Balaban J connectivity index is 1.66. The molecule has 1 aromatic heterocycles. The minimum Gasteiger partial charge on any atom is -0.377 e. The molecular weight excluding hydrogens is 360 g/mol. The summed E-state index contributed by atoms with van der Waals surface area (Å²) in [6, 6.07) is 8.83. The number of ether oxygens (including phenoxy) is 1. The van der Waals surface area contributed by atoms with Gasteiger partial charge in [-0.3, -0.25) is 4.79 Å². The minimum atomic E-state index is -3.64. The number of rotatable bonds is 6. The summed E-state index contributed by atoms with van der Waals surface area (Å²) in [4.78, 5) is 12.8. The molecule has 3 rings (SSSR count). The van der Waals surface area contributed by atoms with Crippen molar-refractivity contribution in [2.24, 2.45) is 0 Å². The van der Waals surface area contributed by atoms with Crippen molar-refractivity contribution in [1.29, 1.82) is 0 Å². The Bertz CT molecular complexity index is 855. The Hall–Kier alpha value is -1.74. The highest BCUT2D eigenvalue weighted by Crippen LogP contribution is 2.22. The molecule has 8 heteroatoms. The molecule has 1 aliphatic heterocycles. The van der Waals surface area contributed by atoms with Gasteiger partial charge >= 0.3 is 0 Å². The van der Waals surface area contributed by atoms with E-state index in [0.29, 0.717) is 17.2 Å². The van der Waals surface area contributed by atoms with Crippen LogP contribution in [0.1, 0.15) is 28.1 Å². The van der Waals surface area contributed by atoms with Crippen LogP contribution in [-0.4, -0.2) is 33.6 Å². The lowest BCUT2D eigenvalue weighted by Gasteiger charge is -2.10. The molecule has 2 N–H and O–H groups in total. The van der Waals surface area contributed by atoms with Gasteiger partial charge in [0, 0.05) is 24.2 Å². The molecule has 1 fully saturated rings. The van der Waals surface area contributed by atoms with E-state index in [-0.39, 0.29) is 23.5 Å². The van der Waals surface area contributed by atoms with Gasteiger partial charge < -0.3 is 10.1 Å². The lowest BCUT2D eigenvalue weighted by Crippen LogP contribution is -2.31. The van der Waals surface area contributed by atoms with Crippen LogP contribution in [0.3, 0.4) is 0 Å². The smallest absolute Gasteiger partial charge is 0.265 e. The van der Waals surface area contributed by atoms with Crippen LogP contribution in [0.25, 0.3) is 0 Å². The maximum absolute atomic E-state index is 12.3. The molecule has 0 radical (unpaired) electrons. The van der Waals surface area contributed by atoms with Crippen molar-refractivity contribution in [2.75, 3.05) is 18.5 Å². The first kappa shape index (κ1) is 18.1. The van der Waals surface area contributed by atoms with E-state index in [0.717, 1.165) is 29.7 Å². The second-order valence-corrected chi connectivity index (χ2v) is 8.58. The molecule has 0 spiro atoms. The first-order valence-corrected chi connectivity index (χ1v) is 10.4. The van der Waals surface area contributed by atoms with Gasteiger partial charge in [-0.2, -0.15) is 0 Å². The van der Waals surface area contributed by atoms with E-state index in [1.165, 1.54) is 11.4 Å². The van der Waals surface area contributed by atoms with Crippen molar-refractivity contribution in [3.8, 4) is 0 Å². The van der Waals surface area contributed by atoms with Gasteiger partial charge in [-0.05, 0) is 37.5 Å². The fraction of sp³-hybridized carbons (Fsp3) is 0.353. The minimum absolute atomic E-state index is 0.0720. The summed E-state index contributed by atoms with van der Waals surface area (Å²) >= 11 is 1.11. The van der Waals surface area contributed by atoms with Gasteiger partial charge in [0.05, 0.1) is 15.9 Å². The van der Waals surface area contributed by atoms with Gasteiger partial charge in [-0.1, -0.05) is 18.2 Å². The predicted molar refractivity (Wildman–Crippen MR) is 97.6 cm³/mol. The van der Waals surface area contributed by atoms with Crippen molar-refractivity contribution < 1.29 is 17.9 Å². The average molecular weight is 380 g/mol. The van der Waals surface area contributed by atoms with E-state index < -0.39 is 10.0 Å². The second kappa shape index (κ2) is 7.65. The molecule has 25 heavy (non-hydrogen) atoms. The number of carbonyl (C=O) groups is 1. The first-order valence-electron chi connectivity index (χ1n) is 8.02. The normalized spacial score (nSPS) is 17.6. The van der Waals surface area contributed by atoms with Gasteiger partial charge in [0.25, 0.3) is 5.91 Å². The largest absolute Gasteiger partial charge is 0.377 e. The molecule has 1 aromatic carbocycles. The highest BCUT2D eigenvalue weighted by molar-refractivity contribution is 7.89. The van der Waals surface area contributed by atoms with Crippen LogP contribution in [0.2, 0.25) is 0 Å².